The predicted octanol–water partition coefficient (Wildman–Crippen LogP) is 5.04. The summed E-state index contributed by atoms with van der Waals surface area (Å²) in [5.41, 5.74) is -0.101. The van der Waals surface area contributed by atoms with Gasteiger partial charge < -0.3 is 0 Å². The average molecular weight is 327 g/mol. The molecule has 0 aromatic heterocycles. The molecule has 124 valence electrons. The maximum Gasteiger partial charge on any atom is 0.433 e. The van der Waals surface area contributed by atoms with Crippen molar-refractivity contribution in [1.29, 1.82) is 0 Å². The number of carbonyl (C=O) groups is 1. The zero-order valence-electron chi connectivity index (χ0n) is 14.4. The van der Waals surface area contributed by atoms with Crippen molar-refractivity contribution < 1.29 is 18.4 Å². The summed E-state index contributed by atoms with van der Waals surface area (Å²) in [7, 11) is -3.56. The average Bonchev–Trinajstić information content (AvgIpc) is 2.23. The molecule has 0 amide bonds. The minimum absolute atomic E-state index is 0.0217. The van der Waals surface area contributed by atoms with Gasteiger partial charge in [-0.25, -0.2) is 4.57 Å². The van der Waals surface area contributed by atoms with Crippen LogP contribution in [0.3, 0.4) is 0 Å². The second-order valence-corrected chi connectivity index (χ2v) is 8.73. The van der Waals surface area contributed by atoms with Crippen molar-refractivity contribution in [1.82, 2.24) is 0 Å². The number of anilines is 1. The summed E-state index contributed by atoms with van der Waals surface area (Å²) in [6.45, 7) is 12.4. The van der Waals surface area contributed by atoms with Gasteiger partial charge in [-0.15, -0.1) is 0 Å². The van der Waals surface area contributed by atoms with Crippen LogP contribution in [0.5, 0.6) is 0 Å². The molecule has 0 saturated heterocycles. The normalized spacial score (nSPS) is 13.0. The molecule has 22 heavy (non-hydrogen) atoms. The van der Waals surface area contributed by atoms with E-state index >= 15 is 0 Å². The molecule has 1 rings (SSSR count). The Labute approximate surface area is 133 Å². The van der Waals surface area contributed by atoms with Crippen LogP contribution in [-0.4, -0.2) is 17.0 Å². The number of hydrogen-bond donors (Lipinski definition) is 1. The fourth-order valence-corrected chi connectivity index (χ4v) is 3.76. The monoisotopic (exact) mass is 327 g/mol. The molecular formula is C16H26NO4P. The zero-order valence-corrected chi connectivity index (χ0v) is 15.3. The SMILES string of the molecule is CC(=O)c1ccc(NP(=O)(OC(C)(C)C)OC(C)(C)C)cc1. The van der Waals surface area contributed by atoms with Gasteiger partial charge in [0.25, 0.3) is 0 Å². The van der Waals surface area contributed by atoms with Crippen LogP contribution in [0, 0.1) is 0 Å². The highest BCUT2D eigenvalue weighted by Gasteiger charge is 2.35. The van der Waals surface area contributed by atoms with Crippen LogP contribution in [0.15, 0.2) is 24.3 Å². The molecule has 6 heteroatoms. The fraction of sp³-hybridized carbons (Fsp3) is 0.562. The van der Waals surface area contributed by atoms with Crippen LogP contribution in [0.2, 0.25) is 0 Å². The van der Waals surface area contributed by atoms with Crippen LogP contribution < -0.4 is 5.09 Å². The third-order valence-electron chi connectivity index (χ3n) is 2.35. The smallest absolute Gasteiger partial charge is 0.295 e. The minimum atomic E-state index is -3.56. The zero-order chi connectivity index (χ0) is 17.2. The van der Waals surface area contributed by atoms with Crippen molar-refractivity contribution in [3.8, 4) is 0 Å². The van der Waals surface area contributed by atoms with E-state index in [0.717, 1.165) is 0 Å². The van der Waals surface area contributed by atoms with Gasteiger partial charge in [0.05, 0.1) is 11.2 Å². The first-order valence-corrected chi connectivity index (χ1v) is 8.75. The van der Waals surface area contributed by atoms with E-state index in [0.29, 0.717) is 11.3 Å². The summed E-state index contributed by atoms with van der Waals surface area (Å²) in [4.78, 5) is 11.3. The number of ketones is 1. The first kappa shape index (κ1) is 18.9. The maximum absolute atomic E-state index is 13.0. The van der Waals surface area contributed by atoms with E-state index in [9.17, 15) is 9.36 Å². The molecule has 0 spiro atoms. The van der Waals surface area contributed by atoms with E-state index < -0.39 is 18.9 Å². The van der Waals surface area contributed by atoms with Gasteiger partial charge in [0.2, 0.25) is 0 Å². The Morgan fingerprint density at radius 1 is 0.955 bits per heavy atom. The van der Waals surface area contributed by atoms with E-state index in [2.05, 4.69) is 5.09 Å². The molecule has 0 saturated carbocycles. The molecule has 0 aliphatic heterocycles. The number of Topliss-reactive ketones (excluding diaryl/α,β-unsaturated/α-hetero) is 1. The van der Waals surface area contributed by atoms with Crippen LogP contribution >= 0.6 is 7.75 Å². The Balaban J connectivity index is 3.02. The minimum Gasteiger partial charge on any atom is -0.295 e. The van der Waals surface area contributed by atoms with Gasteiger partial charge in [0.1, 0.15) is 0 Å². The first-order valence-electron chi connectivity index (χ1n) is 7.21. The van der Waals surface area contributed by atoms with E-state index in [1.54, 1.807) is 24.3 Å². The highest BCUT2D eigenvalue weighted by atomic mass is 31.2. The van der Waals surface area contributed by atoms with Gasteiger partial charge in [-0.1, -0.05) is 0 Å². The van der Waals surface area contributed by atoms with E-state index in [1.165, 1.54) is 6.92 Å². The number of nitrogens with one attached hydrogen (secondary N) is 1. The number of benzene rings is 1. The number of hydrogen-bond acceptors (Lipinski definition) is 4. The Bertz CT molecular complexity index is 547. The van der Waals surface area contributed by atoms with Gasteiger partial charge in [-0.3, -0.25) is 18.9 Å². The van der Waals surface area contributed by atoms with Gasteiger partial charge in [0.15, 0.2) is 5.78 Å². The molecule has 0 radical (unpaired) electrons. The molecule has 0 aliphatic rings. The standard InChI is InChI=1S/C16H26NO4P/c1-12(18)13-8-10-14(11-9-13)17-22(19,20-15(2,3)4)21-16(5,6)7/h8-11H,1-7H3,(H,17,19). The molecule has 5 nitrogen and oxygen atoms in total. The van der Waals surface area contributed by atoms with Crippen LogP contribution in [0.1, 0.15) is 58.8 Å². The molecule has 0 atom stereocenters. The highest BCUT2D eigenvalue weighted by molar-refractivity contribution is 7.55. The van der Waals surface area contributed by atoms with Crippen LogP contribution in [-0.2, 0) is 13.6 Å². The van der Waals surface area contributed by atoms with Crippen LogP contribution in [0.25, 0.3) is 0 Å². The Morgan fingerprint density at radius 3 is 1.68 bits per heavy atom. The quantitative estimate of drug-likeness (QED) is 0.606. The van der Waals surface area contributed by atoms with Crippen molar-refractivity contribution >= 4 is 19.2 Å². The third kappa shape index (κ3) is 6.73. The Morgan fingerprint density at radius 2 is 1.36 bits per heavy atom. The van der Waals surface area contributed by atoms with Crippen molar-refractivity contribution in [3.63, 3.8) is 0 Å². The molecule has 0 aliphatic carbocycles. The maximum atomic E-state index is 13.0. The molecule has 1 aromatic carbocycles. The second-order valence-electron chi connectivity index (χ2n) is 7.15. The summed E-state index contributed by atoms with van der Waals surface area (Å²) in [6, 6.07) is 6.70. The van der Waals surface area contributed by atoms with Gasteiger partial charge >= 0.3 is 7.75 Å². The van der Waals surface area contributed by atoms with E-state index in [4.69, 9.17) is 9.05 Å². The van der Waals surface area contributed by atoms with Gasteiger partial charge in [0, 0.05) is 11.3 Å². The lowest BCUT2D eigenvalue weighted by molar-refractivity contribution is 0.0518. The predicted molar refractivity (Wildman–Crippen MR) is 89.4 cm³/mol. The molecule has 0 fully saturated rings. The Kier molecular flexibility index (Phi) is 5.61. The van der Waals surface area contributed by atoms with Crippen molar-refractivity contribution in [2.75, 3.05) is 5.09 Å². The first-order chi connectivity index (χ1) is 9.80. The topological polar surface area (TPSA) is 64.6 Å². The molecule has 0 unspecified atom stereocenters. The van der Waals surface area contributed by atoms with E-state index in [-0.39, 0.29) is 5.78 Å². The largest absolute Gasteiger partial charge is 0.433 e. The van der Waals surface area contributed by atoms with Crippen LogP contribution in [0.4, 0.5) is 5.69 Å². The van der Waals surface area contributed by atoms with Crippen molar-refractivity contribution in [2.24, 2.45) is 0 Å². The Hall–Kier alpha value is -1.16. The molecule has 0 heterocycles. The molecule has 0 bridgehead atoms. The van der Waals surface area contributed by atoms with Crippen molar-refractivity contribution in [2.45, 2.75) is 59.7 Å². The highest BCUT2D eigenvalue weighted by Crippen LogP contribution is 2.53. The second kappa shape index (κ2) is 6.53. The molecule has 1 aromatic rings. The lowest BCUT2D eigenvalue weighted by Crippen LogP contribution is -2.26. The van der Waals surface area contributed by atoms with Crippen molar-refractivity contribution in [3.05, 3.63) is 29.8 Å². The summed E-state index contributed by atoms with van der Waals surface area (Å²) < 4.78 is 24.3. The summed E-state index contributed by atoms with van der Waals surface area (Å²) in [5, 5.41) is 2.83. The lowest BCUT2D eigenvalue weighted by atomic mass is 10.1. The van der Waals surface area contributed by atoms with Gasteiger partial charge in [-0.2, -0.15) is 0 Å². The summed E-state index contributed by atoms with van der Waals surface area (Å²) >= 11 is 0. The molecule has 1 N–H and O–H groups in total. The summed E-state index contributed by atoms with van der Waals surface area (Å²) in [6.07, 6.45) is 0. The van der Waals surface area contributed by atoms with E-state index in [1.807, 2.05) is 41.5 Å². The lowest BCUT2D eigenvalue weighted by Gasteiger charge is -2.32. The van der Waals surface area contributed by atoms with Gasteiger partial charge in [-0.05, 0) is 72.7 Å². The molecular weight excluding hydrogens is 301 g/mol. The fourth-order valence-electron chi connectivity index (χ4n) is 1.72. The third-order valence-corrected chi connectivity index (χ3v) is 4.45. The number of rotatable bonds is 5. The summed E-state index contributed by atoms with van der Waals surface area (Å²) in [5.74, 6) is -0.0217. The number of carbonyl (C=O) groups excluding carboxylic acids is 1.